The van der Waals surface area contributed by atoms with Crippen molar-refractivity contribution in [1.82, 2.24) is 14.5 Å². The van der Waals surface area contributed by atoms with Crippen LogP contribution in [0.4, 0.5) is 0 Å². The predicted octanol–water partition coefficient (Wildman–Crippen LogP) is 2.06. The molecule has 0 unspecified atom stereocenters. The highest BCUT2D eigenvalue weighted by molar-refractivity contribution is 7.98. The van der Waals surface area contributed by atoms with Crippen molar-refractivity contribution in [3.63, 3.8) is 0 Å². The van der Waals surface area contributed by atoms with Gasteiger partial charge in [-0.3, -0.25) is 19.3 Å². The molecule has 0 saturated carbocycles. The van der Waals surface area contributed by atoms with Crippen molar-refractivity contribution in [3.05, 3.63) is 64.7 Å². The first-order chi connectivity index (χ1) is 12.6. The lowest BCUT2D eigenvalue weighted by Gasteiger charge is -2.16. The molecule has 3 aromatic rings. The average molecular weight is 367 g/mol. The molecule has 0 amide bonds. The van der Waals surface area contributed by atoms with Crippen molar-refractivity contribution in [2.24, 2.45) is 10.7 Å². The van der Waals surface area contributed by atoms with E-state index in [0.717, 1.165) is 0 Å². The van der Waals surface area contributed by atoms with Gasteiger partial charge in [0.1, 0.15) is 28.0 Å². The molecule has 2 heterocycles. The van der Waals surface area contributed by atoms with E-state index in [-0.39, 0.29) is 22.7 Å². The van der Waals surface area contributed by atoms with E-state index in [2.05, 4.69) is 15.0 Å². The minimum absolute atomic E-state index is 0.105. The van der Waals surface area contributed by atoms with Crippen molar-refractivity contribution in [1.29, 1.82) is 0 Å². The van der Waals surface area contributed by atoms with Gasteiger partial charge in [-0.2, -0.15) is 0 Å². The number of pyridine rings is 1. The second-order valence-electron chi connectivity index (χ2n) is 5.33. The average Bonchev–Trinajstić information content (AvgIpc) is 2.68. The molecule has 0 spiro atoms. The number of hydrogen-bond donors (Lipinski definition) is 2. The van der Waals surface area contributed by atoms with Crippen LogP contribution in [0.25, 0.3) is 17.1 Å². The van der Waals surface area contributed by atoms with Gasteiger partial charge in [-0.15, -0.1) is 11.8 Å². The van der Waals surface area contributed by atoms with Gasteiger partial charge in [0.05, 0.1) is 5.69 Å². The Hall–Kier alpha value is -3.13. The SMILES string of the molecule is CN=C(N)c1c(SC)nc(-c2cccnc2)n(-c2ccc(O)cc2)c1=O. The number of thioether (sulfide) groups is 1. The number of aliphatic imine (C=N–C) groups is 1. The Balaban J connectivity index is 2.42. The number of aromatic hydroxyl groups is 1. The van der Waals surface area contributed by atoms with Gasteiger partial charge >= 0.3 is 0 Å². The highest BCUT2D eigenvalue weighted by Gasteiger charge is 2.21. The topological polar surface area (TPSA) is 106 Å². The number of nitrogens with two attached hydrogens (primary N) is 1. The maximum absolute atomic E-state index is 13.3. The van der Waals surface area contributed by atoms with E-state index in [9.17, 15) is 9.90 Å². The lowest BCUT2D eigenvalue weighted by molar-refractivity contribution is 0.475. The van der Waals surface area contributed by atoms with Crippen molar-refractivity contribution < 1.29 is 5.11 Å². The summed E-state index contributed by atoms with van der Waals surface area (Å²) >= 11 is 1.32. The third kappa shape index (κ3) is 3.18. The summed E-state index contributed by atoms with van der Waals surface area (Å²) in [6, 6.07) is 9.90. The van der Waals surface area contributed by atoms with Crippen LogP contribution in [0, 0.1) is 0 Å². The highest BCUT2D eigenvalue weighted by Crippen LogP contribution is 2.24. The summed E-state index contributed by atoms with van der Waals surface area (Å²) in [6.45, 7) is 0. The van der Waals surface area contributed by atoms with Crippen LogP contribution in [0.15, 0.2) is 63.6 Å². The summed E-state index contributed by atoms with van der Waals surface area (Å²) in [5.41, 5.74) is 7.12. The maximum atomic E-state index is 13.3. The summed E-state index contributed by atoms with van der Waals surface area (Å²) in [7, 11) is 1.53. The Labute approximate surface area is 154 Å². The van der Waals surface area contributed by atoms with E-state index in [1.165, 1.54) is 35.5 Å². The molecule has 132 valence electrons. The highest BCUT2D eigenvalue weighted by atomic mass is 32.2. The van der Waals surface area contributed by atoms with Gasteiger partial charge in [-0.25, -0.2) is 4.98 Å². The van der Waals surface area contributed by atoms with Gasteiger partial charge in [0.15, 0.2) is 0 Å². The molecular formula is C18H17N5O2S. The molecule has 8 heteroatoms. The second-order valence-corrected chi connectivity index (χ2v) is 6.12. The van der Waals surface area contributed by atoms with E-state index in [1.54, 1.807) is 30.6 Å². The molecular weight excluding hydrogens is 350 g/mol. The number of rotatable bonds is 4. The number of amidine groups is 1. The standard InChI is InChI=1S/C18H17N5O2S/c1-20-15(19)14-17(26-2)22-16(11-4-3-9-21-10-11)23(18(14)25)12-5-7-13(24)8-6-12/h3-10,24H,1-2H3,(H2,19,20). The number of hydrogen-bond acceptors (Lipinski definition) is 6. The first-order valence-electron chi connectivity index (χ1n) is 7.70. The third-order valence-corrected chi connectivity index (χ3v) is 4.45. The lowest BCUT2D eigenvalue weighted by Crippen LogP contribution is -2.32. The summed E-state index contributed by atoms with van der Waals surface area (Å²) in [6.07, 6.45) is 5.12. The van der Waals surface area contributed by atoms with Crippen LogP contribution in [0.2, 0.25) is 0 Å². The van der Waals surface area contributed by atoms with E-state index in [1.807, 2.05) is 12.3 Å². The lowest BCUT2D eigenvalue weighted by atomic mass is 10.2. The fourth-order valence-corrected chi connectivity index (χ4v) is 3.08. The van der Waals surface area contributed by atoms with E-state index in [4.69, 9.17) is 5.73 Å². The van der Waals surface area contributed by atoms with E-state index in [0.29, 0.717) is 22.1 Å². The molecule has 0 aliphatic carbocycles. The monoisotopic (exact) mass is 367 g/mol. The van der Waals surface area contributed by atoms with Crippen LogP contribution in [0.3, 0.4) is 0 Å². The van der Waals surface area contributed by atoms with Gasteiger partial charge in [0.2, 0.25) is 0 Å². The zero-order valence-corrected chi connectivity index (χ0v) is 15.1. The van der Waals surface area contributed by atoms with Crippen LogP contribution < -0.4 is 11.3 Å². The van der Waals surface area contributed by atoms with Crippen molar-refractivity contribution in [2.45, 2.75) is 5.03 Å². The molecule has 0 aliphatic heterocycles. The smallest absolute Gasteiger partial charge is 0.270 e. The zero-order valence-electron chi connectivity index (χ0n) is 14.2. The van der Waals surface area contributed by atoms with Gasteiger partial charge in [0.25, 0.3) is 5.56 Å². The van der Waals surface area contributed by atoms with Gasteiger partial charge < -0.3 is 10.8 Å². The molecule has 0 bridgehead atoms. The van der Waals surface area contributed by atoms with Crippen LogP contribution in [0.1, 0.15) is 5.56 Å². The minimum atomic E-state index is -0.336. The molecule has 0 aliphatic rings. The first-order valence-corrected chi connectivity index (χ1v) is 8.92. The number of aromatic nitrogens is 3. The van der Waals surface area contributed by atoms with Crippen LogP contribution >= 0.6 is 11.8 Å². The van der Waals surface area contributed by atoms with Gasteiger partial charge in [-0.05, 0) is 42.7 Å². The molecule has 1 aromatic carbocycles. The molecule has 3 N–H and O–H groups in total. The molecule has 0 saturated heterocycles. The third-order valence-electron chi connectivity index (χ3n) is 3.77. The Morgan fingerprint density at radius 3 is 2.58 bits per heavy atom. The quantitative estimate of drug-likeness (QED) is 0.316. The fourth-order valence-electron chi connectivity index (χ4n) is 2.51. The van der Waals surface area contributed by atoms with Crippen LogP contribution in [-0.4, -0.2) is 38.8 Å². The summed E-state index contributed by atoms with van der Waals surface area (Å²) in [5.74, 6) is 0.663. The number of phenols is 1. The van der Waals surface area contributed by atoms with Crippen molar-refractivity contribution in [3.8, 4) is 22.8 Å². The molecule has 2 aromatic heterocycles. The molecule has 7 nitrogen and oxygen atoms in total. The van der Waals surface area contributed by atoms with Crippen LogP contribution in [0.5, 0.6) is 5.75 Å². The Morgan fingerprint density at radius 1 is 1.27 bits per heavy atom. The molecule has 0 atom stereocenters. The van der Waals surface area contributed by atoms with E-state index < -0.39 is 0 Å². The van der Waals surface area contributed by atoms with Crippen molar-refractivity contribution in [2.75, 3.05) is 13.3 Å². The molecule has 0 radical (unpaired) electrons. The largest absolute Gasteiger partial charge is 0.508 e. The first kappa shape index (κ1) is 17.7. The zero-order chi connectivity index (χ0) is 18.7. The molecule has 3 rings (SSSR count). The minimum Gasteiger partial charge on any atom is -0.508 e. The Bertz CT molecular complexity index is 1010. The number of phenolic OH excluding ortho intramolecular Hbond substituents is 1. The van der Waals surface area contributed by atoms with E-state index >= 15 is 0 Å². The van der Waals surface area contributed by atoms with Gasteiger partial charge in [-0.1, -0.05) is 0 Å². The second kappa shape index (κ2) is 7.40. The van der Waals surface area contributed by atoms with Crippen LogP contribution in [-0.2, 0) is 0 Å². The number of nitrogens with zero attached hydrogens (tertiary/aromatic N) is 4. The fraction of sp³-hybridized carbons (Fsp3) is 0.111. The normalized spacial score (nSPS) is 11.5. The molecule has 0 fully saturated rings. The summed E-state index contributed by atoms with van der Waals surface area (Å²) < 4.78 is 1.45. The summed E-state index contributed by atoms with van der Waals surface area (Å²) in [4.78, 5) is 26.0. The summed E-state index contributed by atoms with van der Waals surface area (Å²) in [5, 5.41) is 10.1. The van der Waals surface area contributed by atoms with Gasteiger partial charge in [0, 0.05) is 25.0 Å². The number of benzene rings is 1. The Morgan fingerprint density at radius 2 is 2.00 bits per heavy atom. The van der Waals surface area contributed by atoms with Crippen molar-refractivity contribution >= 4 is 17.6 Å². The predicted molar refractivity (Wildman–Crippen MR) is 103 cm³/mol. The molecule has 26 heavy (non-hydrogen) atoms. The maximum Gasteiger partial charge on any atom is 0.270 e. The Kier molecular flexibility index (Phi) is 5.04.